The number of aromatic nitrogens is 2. The number of amides is 1. The van der Waals surface area contributed by atoms with Crippen molar-refractivity contribution in [1.82, 2.24) is 14.9 Å². The van der Waals surface area contributed by atoms with Crippen LogP contribution >= 0.6 is 0 Å². The lowest BCUT2D eigenvalue weighted by Crippen LogP contribution is -2.44. The van der Waals surface area contributed by atoms with Gasteiger partial charge in [0.2, 0.25) is 0 Å². The van der Waals surface area contributed by atoms with Gasteiger partial charge in [-0.25, -0.2) is 9.37 Å². The van der Waals surface area contributed by atoms with Crippen LogP contribution in [0.15, 0.2) is 60.8 Å². The van der Waals surface area contributed by atoms with E-state index in [1.54, 1.807) is 11.1 Å². The van der Waals surface area contributed by atoms with Gasteiger partial charge < -0.3 is 19.7 Å². The number of nitrogens with zero attached hydrogens (tertiary/aromatic N) is 3. The number of halogens is 1. The Hall–Kier alpha value is -3.52. The van der Waals surface area contributed by atoms with Crippen molar-refractivity contribution in [3.63, 3.8) is 0 Å². The van der Waals surface area contributed by atoms with Gasteiger partial charge in [0, 0.05) is 24.1 Å². The van der Waals surface area contributed by atoms with Crippen LogP contribution in [0.25, 0.3) is 0 Å². The molecule has 31 heavy (non-hydrogen) atoms. The van der Waals surface area contributed by atoms with Crippen molar-refractivity contribution in [2.75, 3.05) is 31.6 Å². The number of rotatable bonds is 6. The van der Waals surface area contributed by atoms with Crippen molar-refractivity contribution in [3.05, 3.63) is 78.0 Å². The van der Waals surface area contributed by atoms with Gasteiger partial charge in [0.15, 0.2) is 6.61 Å². The first-order chi connectivity index (χ1) is 15.1. The number of pyridine rings is 2. The first kappa shape index (κ1) is 20.7. The zero-order chi connectivity index (χ0) is 21.6. The number of ether oxygens (including phenoxy) is 2. The number of carbonyl (C=O) groups is 1. The van der Waals surface area contributed by atoms with E-state index in [0.717, 1.165) is 22.9 Å². The van der Waals surface area contributed by atoms with Gasteiger partial charge in [-0.1, -0.05) is 6.07 Å². The van der Waals surface area contributed by atoms with Crippen LogP contribution in [-0.4, -0.2) is 47.1 Å². The Morgan fingerprint density at radius 3 is 2.87 bits per heavy atom. The number of anilines is 2. The molecule has 1 aromatic carbocycles. The van der Waals surface area contributed by atoms with Gasteiger partial charge in [-0.15, -0.1) is 0 Å². The predicted molar refractivity (Wildman–Crippen MR) is 114 cm³/mol. The summed E-state index contributed by atoms with van der Waals surface area (Å²) < 4.78 is 24.4. The molecule has 1 N–H and O–H groups in total. The molecule has 7 nitrogen and oxygen atoms in total. The monoisotopic (exact) mass is 422 g/mol. The van der Waals surface area contributed by atoms with Gasteiger partial charge in [0.05, 0.1) is 18.8 Å². The van der Waals surface area contributed by atoms with Crippen molar-refractivity contribution in [2.45, 2.75) is 13.0 Å². The summed E-state index contributed by atoms with van der Waals surface area (Å²) >= 11 is 0. The molecule has 0 spiro atoms. The highest BCUT2D eigenvalue weighted by Crippen LogP contribution is 2.25. The second-order valence-electron chi connectivity index (χ2n) is 7.20. The van der Waals surface area contributed by atoms with Crippen molar-refractivity contribution in [3.8, 4) is 5.75 Å². The smallest absolute Gasteiger partial charge is 0.260 e. The number of hydrogen-bond donors (Lipinski definition) is 1. The third kappa shape index (κ3) is 5.55. The van der Waals surface area contributed by atoms with Gasteiger partial charge >= 0.3 is 0 Å². The fourth-order valence-electron chi connectivity index (χ4n) is 3.34. The fraction of sp³-hybridized carbons (Fsp3) is 0.261. The average Bonchev–Trinajstić information content (AvgIpc) is 2.79. The number of morpholine rings is 1. The van der Waals surface area contributed by atoms with Crippen LogP contribution in [0.3, 0.4) is 0 Å². The number of benzene rings is 1. The molecule has 3 aromatic rings. The molecule has 0 radical (unpaired) electrons. The van der Waals surface area contributed by atoms with E-state index in [2.05, 4.69) is 15.3 Å². The van der Waals surface area contributed by atoms with Crippen molar-refractivity contribution >= 4 is 17.4 Å². The Balaban J connectivity index is 1.40. The molecular weight excluding hydrogens is 399 g/mol. The number of carbonyl (C=O) groups excluding carboxylic acids is 1. The summed E-state index contributed by atoms with van der Waals surface area (Å²) in [7, 11) is 0. The minimum atomic E-state index is -0.350. The van der Waals surface area contributed by atoms with E-state index in [0.29, 0.717) is 25.4 Å². The van der Waals surface area contributed by atoms with Crippen LogP contribution in [0.2, 0.25) is 0 Å². The zero-order valence-corrected chi connectivity index (χ0v) is 17.1. The Labute approximate surface area is 179 Å². The maximum absolute atomic E-state index is 13.0. The van der Waals surface area contributed by atoms with Crippen LogP contribution in [0.1, 0.15) is 17.5 Å². The molecule has 4 rings (SSSR count). The summed E-state index contributed by atoms with van der Waals surface area (Å²) in [5.74, 6) is 0.679. The largest absolute Gasteiger partial charge is 0.484 e. The molecule has 2 aromatic heterocycles. The fourth-order valence-corrected chi connectivity index (χ4v) is 3.34. The average molecular weight is 422 g/mol. The molecule has 0 saturated carbocycles. The predicted octanol–water partition coefficient (Wildman–Crippen LogP) is 3.65. The van der Waals surface area contributed by atoms with Crippen molar-refractivity contribution in [2.24, 2.45) is 0 Å². The Morgan fingerprint density at radius 2 is 2.10 bits per heavy atom. The maximum atomic E-state index is 13.0. The molecule has 1 aliphatic rings. The van der Waals surface area contributed by atoms with Crippen LogP contribution in [0, 0.1) is 12.7 Å². The molecule has 0 bridgehead atoms. The lowest BCUT2D eigenvalue weighted by molar-refractivity contribution is -0.141. The molecular formula is C23H23FN4O3. The lowest BCUT2D eigenvalue weighted by Gasteiger charge is -2.33. The summed E-state index contributed by atoms with van der Waals surface area (Å²) in [4.78, 5) is 23.2. The van der Waals surface area contributed by atoms with Gasteiger partial charge in [-0.3, -0.25) is 9.78 Å². The Bertz CT molecular complexity index is 1030. The summed E-state index contributed by atoms with van der Waals surface area (Å²) in [6, 6.07) is 15.1. The highest BCUT2D eigenvalue weighted by Gasteiger charge is 2.27. The molecule has 0 aliphatic carbocycles. The number of aryl methyl sites for hydroxylation is 1. The highest BCUT2D eigenvalue weighted by molar-refractivity contribution is 5.78. The maximum Gasteiger partial charge on any atom is 0.260 e. The van der Waals surface area contributed by atoms with E-state index in [9.17, 15) is 9.18 Å². The second-order valence-corrected chi connectivity index (χ2v) is 7.20. The van der Waals surface area contributed by atoms with Gasteiger partial charge in [-0.2, -0.15) is 0 Å². The molecule has 1 fully saturated rings. The van der Waals surface area contributed by atoms with Gasteiger partial charge in [-0.05, 0) is 55.5 Å². The molecule has 1 amide bonds. The van der Waals surface area contributed by atoms with E-state index in [1.165, 1.54) is 24.3 Å². The van der Waals surface area contributed by atoms with Crippen LogP contribution in [-0.2, 0) is 9.53 Å². The molecule has 1 atom stereocenters. The first-order valence-corrected chi connectivity index (χ1v) is 10.0. The molecule has 8 heteroatoms. The minimum Gasteiger partial charge on any atom is -0.484 e. The topological polar surface area (TPSA) is 76.6 Å². The van der Waals surface area contributed by atoms with Crippen LogP contribution in [0.5, 0.6) is 5.75 Å². The third-order valence-electron chi connectivity index (χ3n) is 4.84. The van der Waals surface area contributed by atoms with Crippen molar-refractivity contribution in [1.29, 1.82) is 0 Å². The van der Waals surface area contributed by atoms with Gasteiger partial charge in [0.25, 0.3) is 5.91 Å². The summed E-state index contributed by atoms with van der Waals surface area (Å²) in [5.41, 5.74) is 2.44. The Morgan fingerprint density at radius 1 is 1.26 bits per heavy atom. The standard InChI is InChI=1S/C23H23FN4O3/c1-16-12-18(27-22-4-2-3-9-25-22)13-20(26-16)21-14-28(10-11-30-21)23(29)15-31-19-7-5-17(24)6-8-19/h2-9,12-13,21H,10-11,14-15H2,1H3,(H,25,26,27). The van der Waals surface area contributed by atoms with Crippen LogP contribution < -0.4 is 10.1 Å². The van der Waals surface area contributed by atoms with E-state index in [1.807, 2.05) is 37.3 Å². The molecule has 1 unspecified atom stereocenters. The highest BCUT2D eigenvalue weighted by atomic mass is 19.1. The summed E-state index contributed by atoms with van der Waals surface area (Å²) in [6.45, 7) is 3.06. The zero-order valence-electron chi connectivity index (χ0n) is 17.1. The minimum absolute atomic E-state index is 0.119. The molecule has 3 heterocycles. The Kier molecular flexibility index (Phi) is 6.37. The first-order valence-electron chi connectivity index (χ1n) is 10.0. The number of nitrogens with one attached hydrogen (secondary N) is 1. The van der Waals surface area contributed by atoms with Gasteiger partial charge in [0.1, 0.15) is 23.5 Å². The molecule has 1 aliphatic heterocycles. The normalized spacial score (nSPS) is 16.1. The van der Waals surface area contributed by atoms with Crippen molar-refractivity contribution < 1.29 is 18.7 Å². The van der Waals surface area contributed by atoms with E-state index in [4.69, 9.17) is 9.47 Å². The summed E-state index contributed by atoms with van der Waals surface area (Å²) in [6.07, 6.45) is 1.38. The SMILES string of the molecule is Cc1cc(Nc2ccccn2)cc(C2CN(C(=O)COc3ccc(F)cc3)CCO2)n1. The van der Waals surface area contributed by atoms with E-state index in [-0.39, 0.29) is 24.4 Å². The molecule has 160 valence electrons. The summed E-state index contributed by atoms with van der Waals surface area (Å²) in [5, 5.41) is 3.27. The van der Waals surface area contributed by atoms with Crippen LogP contribution in [0.4, 0.5) is 15.9 Å². The third-order valence-corrected chi connectivity index (χ3v) is 4.84. The quantitative estimate of drug-likeness (QED) is 0.654. The lowest BCUT2D eigenvalue weighted by atomic mass is 10.1. The second kappa shape index (κ2) is 9.53. The molecule has 1 saturated heterocycles. The van der Waals surface area contributed by atoms with E-state index >= 15 is 0 Å². The number of hydrogen-bond acceptors (Lipinski definition) is 6. The van der Waals surface area contributed by atoms with E-state index < -0.39 is 0 Å².